The second-order valence-electron chi connectivity index (χ2n) is 6.85. The van der Waals surface area contributed by atoms with Crippen molar-refractivity contribution in [3.63, 3.8) is 0 Å². The topological polar surface area (TPSA) is 64.6 Å². The third kappa shape index (κ3) is 5.66. The predicted octanol–water partition coefficient (Wildman–Crippen LogP) is 1.64. The van der Waals surface area contributed by atoms with E-state index < -0.39 is 6.10 Å². The fraction of sp³-hybridized carbons (Fsp3) is 0.381. The Kier molecular flexibility index (Phi) is 6.77. The van der Waals surface area contributed by atoms with Gasteiger partial charge in [-0.2, -0.15) is 0 Å². The normalized spacial score (nSPS) is 18.6. The number of aliphatic hydroxyl groups excluding tert-OH is 1. The largest absolute Gasteiger partial charge is 0.390 e. The zero-order valence-electron chi connectivity index (χ0n) is 15.0. The molecule has 1 fully saturated rings. The summed E-state index contributed by atoms with van der Waals surface area (Å²) in [6.07, 6.45) is 0.505. The summed E-state index contributed by atoms with van der Waals surface area (Å²) >= 11 is 0. The highest BCUT2D eigenvalue weighted by molar-refractivity contribution is 5.94. The predicted molar refractivity (Wildman–Crippen MR) is 103 cm³/mol. The molecular formula is C21H27N3O2. The highest BCUT2D eigenvalue weighted by atomic mass is 16.3. The number of nitrogens with one attached hydrogen (secondary N) is 2. The number of hydrogen-bond donors (Lipinski definition) is 3. The molecule has 1 aliphatic rings. The summed E-state index contributed by atoms with van der Waals surface area (Å²) in [4.78, 5) is 14.4. The Labute approximate surface area is 155 Å². The van der Waals surface area contributed by atoms with Gasteiger partial charge in [0.1, 0.15) is 0 Å². The Morgan fingerprint density at radius 2 is 1.81 bits per heavy atom. The van der Waals surface area contributed by atoms with E-state index >= 15 is 0 Å². The smallest absolute Gasteiger partial charge is 0.251 e. The molecule has 2 aromatic rings. The zero-order valence-corrected chi connectivity index (χ0v) is 15.0. The fourth-order valence-corrected chi connectivity index (χ4v) is 3.32. The Morgan fingerprint density at radius 3 is 2.54 bits per heavy atom. The monoisotopic (exact) mass is 353 g/mol. The van der Waals surface area contributed by atoms with Crippen molar-refractivity contribution in [3.05, 3.63) is 71.8 Å². The van der Waals surface area contributed by atoms with Crippen molar-refractivity contribution in [3.8, 4) is 0 Å². The van der Waals surface area contributed by atoms with Crippen LogP contribution < -0.4 is 10.6 Å². The number of carbonyl (C=O) groups is 1. The zero-order chi connectivity index (χ0) is 18.2. The lowest BCUT2D eigenvalue weighted by Crippen LogP contribution is -2.40. The van der Waals surface area contributed by atoms with E-state index in [2.05, 4.69) is 27.7 Å². The van der Waals surface area contributed by atoms with E-state index in [0.717, 1.165) is 26.1 Å². The van der Waals surface area contributed by atoms with Gasteiger partial charge in [-0.15, -0.1) is 0 Å². The molecule has 0 spiro atoms. The van der Waals surface area contributed by atoms with Gasteiger partial charge in [-0.25, -0.2) is 0 Å². The van der Waals surface area contributed by atoms with E-state index in [1.165, 1.54) is 5.56 Å². The molecule has 0 bridgehead atoms. The molecular weight excluding hydrogens is 326 g/mol. The molecule has 5 heteroatoms. The van der Waals surface area contributed by atoms with Gasteiger partial charge >= 0.3 is 0 Å². The third-order valence-corrected chi connectivity index (χ3v) is 4.66. The first-order valence-electron chi connectivity index (χ1n) is 9.21. The maximum absolute atomic E-state index is 12.2. The molecule has 1 aliphatic heterocycles. The summed E-state index contributed by atoms with van der Waals surface area (Å²) in [5, 5.41) is 16.6. The summed E-state index contributed by atoms with van der Waals surface area (Å²) in [6.45, 7) is 3.63. The first-order valence-corrected chi connectivity index (χ1v) is 9.21. The van der Waals surface area contributed by atoms with Crippen LogP contribution in [0.3, 0.4) is 0 Å². The fourth-order valence-electron chi connectivity index (χ4n) is 3.32. The summed E-state index contributed by atoms with van der Waals surface area (Å²) in [7, 11) is 0. The molecule has 26 heavy (non-hydrogen) atoms. The third-order valence-electron chi connectivity index (χ3n) is 4.66. The van der Waals surface area contributed by atoms with Crippen LogP contribution in [0.15, 0.2) is 60.7 Å². The van der Waals surface area contributed by atoms with Gasteiger partial charge in [0.05, 0.1) is 6.10 Å². The first-order chi connectivity index (χ1) is 12.7. The van der Waals surface area contributed by atoms with E-state index in [-0.39, 0.29) is 11.9 Å². The maximum atomic E-state index is 12.2. The van der Waals surface area contributed by atoms with Gasteiger partial charge in [0.15, 0.2) is 0 Å². The van der Waals surface area contributed by atoms with Crippen molar-refractivity contribution in [2.45, 2.75) is 25.1 Å². The van der Waals surface area contributed by atoms with E-state index in [9.17, 15) is 9.90 Å². The van der Waals surface area contributed by atoms with Crippen LogP contribution in [0.2, 0.25) is 0 Å². The van der Waals surface area contributed by atoms with Crippen LogP contribution in [0.5, 0.6) is 0 Å². The number of carbonyl (C=O) groups excluding carboxylic acids is 1. The Hall–Kier alpha value is -2.21. The van der Waals surface area contributed by atoms with Gasteiger partial charge in [0.25, 0.3) is 5.91 Å². The molecule has 5 nitrogen and oxygen atoms in total. The number of β-amino-alcohol motifs (C(OH)–C–C–N with tert-alkyl or cyclic N) is 1. The summed E-state index contributed by atoms with van der Waals surface area (Å²) in [5.74, 6) is -0.0254. The van der Waals surface area contributed by atoms with Crippen molar-refractivity contribution < 1.29 is 9.90 Å². The lowest BCUT2D eigenvalue weighted by Gasteiger charge is -2.20. The van der Waals surface area contributed by atoms with Crippen molar-refractivity contribution in [1.82, 2.24) is 15.5 Å². The Balaban J connectivity index is 1.35. The second-order valence-corrected chi connectivity index (χ2v) is 6.85. The van der Waals surface area contributed by atoms with Crippen LogP contribution >= 0.6 is 0 Å². The van der Waals surface area contributed by atoms with Crippen LogP contribution in [0, 0.1) is 0 Å². The molecule has 3 rings (SSSR count). The van der Waals surface area contributed by atoms with Gasteiger partial charge in [-0.3, -0.25) is 9.69 Å². The van der Waals surface area contributed by atoms with Gasteiger partial charge in [-0.05, 0) is 24.1 Å². The van der Waals surface area contributed by atoms with Gasteiger partial charge < -0.3 is 15.7 Å². The molecule has 0 aromatic heterocycles. The maximum Gasteiger partial charge on any atom is 0.251 e. The van der Waals surface area contributed by atoms with Gasteiger partial charge in [0.2, 0.25) is 0 Å². The van der Waals surface area contributed by atoms with E-state index in [4.69, 9.17) is 0 Å². The number of aliphatic hydroxyl groups is 1. The van der Waals surface area contributed by atoms with Crippen LogP contribution in [0.4, 0.5) is 0 Å². The first kappa shape index (κ1) is 18.6. The molecule has 1 heterocycles. The number of rotatable bonds is 8. The standard InChI is InChI=1S/C21H27N3O2/c25-20(14-22-13-17-7-3-1-4-8-17)16-24-12-11-19(15-24)23-21(26)18-9-5-2-6-10-18/h1-10,19-20,22,25H,11-16H2,(H,23,26)/t19-,20-/m1/s1. The molecule has 0 radical (unpaired) electrons. The Bertz CT molecular complexity index is 678. The summed E-state index contributed by atoms with van der Waals surface area (Å²) in [6, 6.07) is 19.6. The SMILES string of the molecule is O=C(N[C@@H]1CCN(C[C@H](O)CNCc2ccccc2)C1)c1ccccc1. The van der Waals surface area contributed by atoms with E-state index in [0.29, 0.717) is 18.7 Å². The number of likely N-dealkylation sites (tertiary alicyclic amines) is 1. The molecule has 1 amide bonds. The van der Waals surface area contributed by atoms with Crippen molar-refractivity contribution in [2.24, 2.45) is 0 Å². The van der Waals surface area contributed by atoms with Crippen molar-refractivity contribution in [2.75, 3.05) is 26.2 Å². The molecule has 2 atom stereocenters. The lowest BCUT2D eigenvalue weighted by molar-refractivity contribution is 0.0933. The van der Waals surface area contributed by atoms with Crippen LogP contribution in [-0.2, 0) is 6.54 Å². The quantitative estimate of drug-likeness (QED) is 0.675. The number of amides is 1. The lowest BCUT2D eigenvalue weighted by atomic mass is 10.2. The molecule has 0 saturated carbocycles. The summed E-state index contributed by atoms with van der Waals surface area (Å²) < 4.78 is 0. The second kappa shape index (κ2) is 9.48. The number of nitrogens with zero attached hydrogens (tertiary/aromatic N) is 1. The average molecular weight is 353 g/mol. The van der Waals surface area contributed by atoms with Crippen LogP contribution in [0.1, 0.15) is 22.3 Å². The van der Waals surface area contributed by atoms with E-state index in [1.54, 1.807) is 0 Å². The number of benzene rings is 2. The molecule has 138 valence electrons. The molecule has 3 N–H and O–H groups in total. The molecule has 0 aliphatic carbocycles. The van der Waals surface area contributed by atoms with E-state index in [1.807, 2.05) is 48.5 Å². The van der Waals surface area contributed by atoms with Crippen LogP contribution in [-0.4, -0.2) is 54.2 Å². The molecule has 1 saturated heterocycles. The Morgan fingerprint density at radius 1 is 1.12 bits per heavy atom. The van der Waals surface area contributed by atoms with Gasteiger partial charge in [-0.1, -0.05) is 48.5 Å². The minimum absolute atomic E-state index is 0.0254. The highest BCUT2D eigenvalue weighted by Crippen LogP contribution is 2.11. The van der Waals surface area contributed by atoms with Crippen molar-refractivity contribution >= 4 is 5.91 Å². The highest BCUT2D eigenvalue weighted by Gasteiger charge is 2.25. The average Bonchev–Trinajstić information content (AvgIpc) is 3.10. The molecule has 0 unspecified atom stereocenters. The van der Waals surface area contributed by atoms with Crippen LogP contribution in [0.25, 0.3) is 0 Å². The number of hydrogen-bond acceptors (Lipinski definition) is 4. The van der Waals surface area contributed by atoms with Gasteiger partial charge in [0, 0.05) is 44.3 Å². The minimum atomic E-state index is -0.415. The van der Waals surface area contributed by atoms with Crippen molar-refractivity contribution in [1.29, 1.82) is 0 Å². The summed E-state index contributed by atoms with van der Waals surface area (Å²) in [5.41, 5.74) is 1.90. The molecule has 2 aromatic carbocycles. The minimum Gasteiger partial charge on any atom is -0.390 e.